The van der Waals surface area contributed by atoms with E-state index in [1.54, 1.807) is 6.08 Å². The fourth-order valence-corrected chi connectivity index (χ4v) is 2.79. The number of esters is 1. The molecule has 1 aromatic rings. The fourth-order valence-electron chi connectivity index (χ4n) is 1.34. The minimum absolute atomic E-state index is 0.322. The topological polar surface area (TPSA) is 63.7 Å². The number of imide groups is 1. The van der Waals surface area contributed by atoms with Gasteiger partial charge in [-0.15, -0.1) is 0 Å². The van der Waals surface area contributed by atoms with E-state index in [0.29, 0.717) is 4.91 Å². The van der Waals surface area contributed by atoms with Crippen molar-refractivity contribution in [2.75, 3.05) is 13.7 Å². The number of amides is 2. The summed E-state index contributed by atoms with van der Waals surface area (Å²) in [5.41, 5.74) is 0.864. The average molecular weight is 283 g/mol. The van der Waals surface area contributed by atoms with E-state index in [-0.39, 0.29) is 6.54 Å². The van der Waals surface area contributed by atoms with Crippen LogP contribution in [0.5, 0.6) is 0 Å². The number of thiophene rings is 1. The van der Waals surface area contributed by atoms with Gasteiger partial charge >= 0.3 is 5.97 Å². The Bertz CT molecular complexity index is 521. The second-order valence-corrected chi connectivity index (χ2v) is 5.17. The third-order valence-electron chi connectivity index (χ3n) is 2.23. The summed E-state index contributed by atoms with van der Waals surface area (Å²) < 4.78 is 4.44. The van der Waals surface area contributed by atoms with E-state index in [1.165, 1.54) is 18.4 Å². The van der Waals surface area contributed by atoms with Crippen molar-refractivity contribution in [3.63, 3.8) is 0 Å². The summed E-state index contributed by atoms with van der Waals surface area (Å²) in [6.07, 6.45) is 1.64. The van der Waals surface area contributed by atoms with Crippen LogP contribution in [-0.4, -0.2) is 35.7 Å². The fraction of sp³-hybridized carbons (Fsp3) is 0.182. The normalized spacial score (nSPS) is 17.6. The molecule has 94 valence electrons. The molecule has 0 bridgehead atoms. The monoisotopic (exact) mass is 283 g/mol. The molecule has 1 fully saturated rings. The minimum atomic E-state index is -0.617. The lowest BCUT2D eigenvalue weighted by atomic mass is 10.3. The van der Waals surface area contributed by atoms with Crippen molar-refractivity contribution in [3.05, 3.63) is 27.3 Å². The predicted molar refractivity (Wildman–Crippen MR) is 69.0 cm³/mol. The Morgan fingerprint density at radius 3 is 2.89 bits per heavy atom. The highest BCUT2D eigenvalue weighted by Crippen LogP contribution is 2.32. The summed E-state index contributed by atoms with van der Waals surface area (Å²) in [4.78, 5) is 35.8. The van der Waals surface area contributed by atoms with Crippen LogP contribution < -0.4 is 0 Å². The second-order valence-electron chi connectivity index (χ2n) is 3.40. The molecule has 2 rings (SSSR count). The summed E-state index contributed by atoms with van der Waals surface area (Å²) in [5.74, 6) is -1.07. The second kappa shape index (κ2) is 5.36. The van der Waals surface area contributed by atoms with Gasteiger partial charge in [-0.1, -0.05) is 0 Å². The summed E-state index contributed by atoms with van der Waals surface area (Å²) >= 11 is 2.33. The molecule has 5 nitrogen and oxygen atoms in total. The van der Waals surface area contributed by atoms with Crippen LogP contribution in [0.2, 0.25) is 0 Å². The molecule has 0 radical (unpaired) electrons. The summed E-state index contributed by atoms with van der Waals surface area (Å²) in [6, 6.07) is 1.85. The average Bonchev–Trinajstić information content (AvgIpc) is 2.94. The number of carbonyl (C=O) groups excluding carboxylic acids is 3. The van der Waals surface area contributed by atoms with Crippen LogP contribution in [0.25, 0.3) is 6.08 Å². The zero-order valence-electron chi connectivity index (χ0n) is 9.41. The van der Waals surface area contributed by atoms with Gasteiger partial charge in [0, 0.05) is 0 Å². The van der Waals surface area contributed by atoms with Crippen molar-refractivity contribution in [2.45, 2.75) is 0 Å². The van der Waals surface area contributed by atoms with Crippen molar-refractivity contribution in [3.8, 4) is 0 Å². The van der Waals surface area contributed by atoms with Gasteiger partial charge in [-0.2, -0.15) is 11.3 Å². The third kappa shape index (κ3) is 2.62. The molecule has 2 heterocycles. The molecule has 2 amide bonds. The molecule has 1 aromatic heterocycles. The van der Waals surface area contributed by atoms with Crippen LogP contribution in [-0.2, 0) is 14.3 Å². The molecule has 7 heteroatoms. The summed E-state index contributed by atoms with van der Waals surface area (Å²) in [7, 11) is 1.21. The SMILES string of the molecule is COC(=O)CN1C(=O)S/C(=C\c2ccsc2)C1=O. The standard InChI is InChI=1S/C11H9NO4S2/c1-16-9(13)5-12-10(14)8(18-11(12)15)4-7-2-3-17-6-7/h2-4,6H,5H2,1H3/b8-4-. The first-order valence-corrected chi connectivity index (χ1v) is 6.72. The number of carbonyl (C=O) groups is 3. The van der Waals surface area contributed by atoms with Crippen molar-refractivity contribution in [2.24, 2.45) is 0 Å². The first-order chi connectivity index (χ1) is 8.61. The van der Waals surface area contributed by atoms with E-state index in [4.69, 9.17) is 0 Å². The van der Waals surface area contributed by atoms with Crippen LogP contribution in [0.3, 0.4) is 0 Å². The maximum atomic E-state index is 11.9. The number of nitrogens with zero attached hydrogens (tertiary/aromatic N) is 1. The molecule has 1 aliphatic heterocycles. The lowest BCUT2D eigenvalue weighted by Gasteiger charge is -2.09. The number of hydrogen-bond acceptors (Lipinski definition) is 6. The lowest BCUT2D eigenvalue weighted by Crippen LogP contribution is -2.34. The number of ether oxygens (including phenoxy) is 1. The molecule has 0 aliphatic carbocycles. The predicted octanol–water partition coefficient (Wildman–Crippen LogP) is 1.96. The molecular formula is C11H9NO4S2. The van der Waals surface area contributed by atoms with Gasteiger partial charge in [-0.25, -0.2) is 0 Å². The van der Waals surface area contributed by atoms with Crippen molar-refractivity contribution >= 4 is 46.3 Å². The molecule has 1 saturated heterocycles. The quantitative estimate of drug-likeness (QED) is 0.626. The Labute approximate surface area is 111 Å². The van der Waals surface area contributed by atoms with Crippen LogP contribution in [0.1, 0.15) is 5.56 Å². The Morgan fingerprint density at radius 1 is 1.50 bits per heavy atom. The van der Waals surface area contributed by atoms with Gasteiger partial charge in [0.25, 0.3) is 11.1 Å². The Kier molecular flexibility index (Phi) is 3.83. The van der Waals surface area contributed by atoms with E-state index in [2.05, 4.69) is 4.74 Å². The maximum absolute atomic E-state index is 11.9. The lowest BCUT2D eigenvalue weighted by molar-refractivity contribution is -0.143. The van der Waals surface area contributed by atoms with Gasteiger partial charge in [0.15, 0.2) is 0 Å². The Hall–Kier alpha value is -1.60. The zero-order chi connectivity index (χ0) is 13.1. The highest BCUT2D eigenvalue weighted by Gasteiger charge is 2.36. The van der Waals surface area contributed by atoms with Crippen LogP contribution in [0, 0.1) is 0 Å². The molecular weight excluding hydrogens is 274 g/mol. The molecule has 18 heavy (non-hydrogen) atoms. The van der Waals surface area contributed by atoms with Gasteiger partial charge in [-0.05, 0) is 40.2 Å². The van der Waals surface area contributed by atoms with E-state index in [0.717, 1.165) is 22.2 Å². The molecule has 0 aromatic carbocycles. The van der Waals surface area contributed by atoms with Crippen molar-refractivity contribution < 1.29 is 19.1 Å². The van der Waals surface area contributed by atoms with Gasteiger partial charge in [-0.3, -0.25) is 19.3 Å². The van der Waals surface area contributed by atoms with E-state index >= 15 is 0 Å². The summed E-state index contributed by atoms with van der Waals surface area (Å²) in [5, 5.41) is 3.30. The largest absolute Gasteiger partial charge is 0.468 e. The van der Waals surface area contributed by atoms with Crippen molar-refractivity contribution in [1.29, 1.82) is 0 Å². The van der Waals surface area contributed by atoms with Gasteiger partial charge in [0.05, 0.1) is 12.0 Å². The highest BCUT2D eigenvalue weighted by molar-refractivity contribution is 8.18. The molecule has 0 N–H and O–H groups in total. The van der Waals surface area contributed by atoms with Crippen LogP contribution >= 0.6 is 23.1 Å². The number of rotatable bonds is 3. The first-order valence-electron chi connectivity index (χ1n) is 4.96. The van der Waals surface area contributed by atoms with Crippen molar-refractivity contribution in [1.82, 2.24) is 4.90 Å². The molecule has 1 aliphatic rings. The first kappa shape index (κ1) is 12.8. The number of hydrogen-bond donors (Lipinski definition) is 0. The Balaban J connectivity index is 2.16. The van der Waals surface area contributed by atoms with Gasteiger partial charge < -0.3 is 4.74 Å². The van der Waals surface area contributed by atoms with Gasteiger partial charge in [0.2, 0.25) is 0 Å². The third-order valence-corrected chi connectivity index (χ3v) is 3.84. The van der Waals surface area contributed by atoms with E-state index in [1.807, 2.05) is 16.8 Å². The molecule has 0 saturated carbocycles. The van der Waals surface area contributed by atoms with Gasteiger partial charge in [0.1, 0.15) is 6.54 Å². The zero-order valence-corrected chi connectivity index (χ0v) is 11.0. The molecule has 0 atom stereocenters. The molecule has 0 unspecified atom stereocenters. The number of thioether (sulfide) groups is 1. The molecule has 0 spiro atoms. The van der Waals surface area contributed by atoms with E-state index < -0.39 is 17.1 Å². The van der Waals surface area contributed by atoms with Crippen LogP contribution in [0.4, 0.5) is 4.79 Å². The number of methoxy groups -OCH3 is 1. The Morgan fingerprint density at radius 2 is 2.28 bits per heavy atom. The summed E-state index contributed by atoms with van der Waals surface area (Å²) in [6.45, 7) is -0.345. The smallest absolute Gasteiger partial charge is 0.325 e. The van der Waals surface area contributed by atoms with Crippen LogP contribution in [0.15, 0.2) is 21.7 Å². The highest BCUT2D eigenvalue weighted by atomic mass is 32.2. The maximum Gasteiger partial charge on any atom is 0.325 e. The minimum Gasteiger partial charge on any atom is -0.468 e. The van der Waals surface area contributed by atoms with E-state index in [9.17, 15) is 14.4 Å².